The molecule has 3 heterocycles. The van der Waals surface area contributed by atoms with Gasteiger partial charge in [0, 0.05) is 33.5 Å². The predicted molar refractivity (Wildman–Crippen MR) is 95.9 cm³/mol. The van der Waals surface area contributed by atoms with E-state index in [-0.39, 0.29) is 18.3 Å². The highest BCUT2D eigenvalue weighted by molar-refractivity contribution is 7.29. The number of hydrogen-bond acceptors (Lipinski definition) is 6. The zero-order valence-corrected chi connectivity index (χ0v) is 15.9. The maximum atomic E-state index is 12.6. The molecule has 0 aromatic carbocycles. The standard InChI is InChI=1S/C15H16F3N5OS2/c1-21(2)14-20-12-9(26-14)6-10(25-12)13(24)22(3)7-11-19-4-5-23(11)8-15(16,17)18/h4-6H,7-8H2,1-3H3. The largest absolute Gasteiger partial charge is 0.406 e. The highest BCUT2D eigenvalue weighted by Gasteiger charge is 2.29. The number of carbonyl (C=O) groups excluding carboxylic acids is 1. The van der Waals surface area contributed by atoms with Crippen LogP contribution in [0.2, 0.25) is 0 Å². The van der Waals surface area contributed by atoms with E-state index in [1.54, 1.807) is 13.1 Å². The van der Waals surface area contributed by atoms with Crippen LogP contribution in [0.3, 0.4) is 0 Å². The Morgan fingerprint density at radius 2 is 2.00 bits per heavy atom. The number of thiazole rings is 1. The van der Waals surface area contributed by atoms with Gasteiger partial charge in [0.1, 0.15) is 17.2 Å². The number of fused-ring (bicyclic) bond motifs is 1. The number of nitrogens with zero attached hydrogens (tertiary/aromatic N) is 5. The average molecular weight is 403 g/mol. The van der Waals surface area contributed by atoms with Crippen molar-refractivity contribution in [3.63, 3.8) is 0 Å². The van der Waals surface area contributed by atoms with Gasteiger partial charge in [-0.05, 0) is 6.07 Å². The summed E-state index contributed by atoms with van der Waals surface area (Å²) in [5.41, 5.74) is 0. The lowest BCUT2D eigenvalue weighted by Gasteiger charge is -2.17. The maximum Gasteiger partial charge on any atom is 0.406 e. The molecule has 6 nitrogen and oxygen atoms in total. The van der Waals surface area contributed by atoms with Crippen molar-refractivity contribution in [2.75, 3.05) is 26.0 Å². The molecule has 0 atom stereocenters. The number of hydrogen-bond donors (Lipinski definition) is 0. The third kappa shape index (κ3) is 3.98. The van der Waals surface area contributed by atoms with E-state index in [0.717, 1.165) is 19.2 Å². The average Bonchev–Trinajstić information content (AvgIpc) is 3.19. The number of amides is 1. The molecule has 0 fully saturated rings. The molecule has 0 saturated heterocycles. The number of thiophene rings is 1. The Morgan fingerprint density at radius 3 is 2.62 bits per heavy atom. The number of alkyl halides is 3. The second-order valence-corrected chi connectivity index (χ2v) is 7.96. The van der Waals surface area contributed by atoms with Crippen LogP contribution in [0.15, 0.2) is 18.5 Å². The first-order chi connectivity index (χ1) is 12.1. The van der Waals surface area contributed by atoms with Gasteiger partial charge < -0.3 is 14.4 Å². The molecule has 3 rings (SSSR count). The Hall–Kier alpha value is -2.14. The van der Waals surface area contributed by atoms with Gasteiger partial charge >= 0.3 is 6.18 Å². The number of rotatable bonds is 5. The minimum absolute atomic E-state index is 0.0101. The molecule has 0 N–H and O–H groups in total. The van der Waals surface area contributed by atoms with E-state index in [0.29, 0.717) is 4.88 Å². The quantitative estimate of drug-likeness (QED) is 0.655. The molecular weight excluding hydrogens is 387 g/mol. The van der Waals surface area contributed by atoms with E-state index >= 15 is 0 Å². The summed E-state index contributed by atoms with van der Waals surface area (Å²) in [4.78, 5) is 25.5. The van der Waals surface area contributed by atoms with Gasteiger partial charge in [0.15, 0.2) is 5.13 Å². The van der Waals surface area contributed by atoms with Crippen LogP contribution in [-0.2, 0) is 13.1 Å². The second kappa shape index (κ2) is 6.88. The topological polar surface area (TPSA) is 54.3 Å². The van der Waals surface area contributed by atoms with Crippen LogP contribution in [0.1, 0.15) is 15.5 Å². The van der Waals surface area contributed by atoms with Crippen molar-refractivity contribution in [2.45, 2.75) is 19.3 Å². The van der Waals surface area contributed by atoms with Gasteiger partial charge in [-0.25, -0.2) is 9.97 Å². The first-order valence-electron chi connectivity index (χ1n) is 7.54. The number of aromatic nitrogens is 3. The Kier molecular flexibility index (Phi) is 4.93. The summed E-state index contributed by atoms with van der Waals surface area (Å²) in [6, 6.07) is 1.77. The van der Waals surface area contributed by atoms with E-state index in [1.807, 2.05) is 19.0 Å². The number of anilines is 1. The van der Waals surface area contributed by atoms with Gasteiger partial charge in [-0.1, -0.05) is 11.3 Å². The van der Waals surface area contributed by atoms with Gasteiger partial charge in [-0.3, -0.25) is 4.79 Å². The number of carbonyl (C=O) groups is 1. The summed E-state index contributed by atoms with van der Waals surface area (Å²) in [5, 5.41) is 0.854. The molecule has 0 radical (unpaired) electrons. The van der Waals surface area contributed by atoms with Crippen LogP contribution in [-0.4, -0.2) is 52.7 Å². The van der Waals surface area contributed by atoms with Crippen LogP contribution in [0, 0.1) is 0 Å². The molecule has 11 heteroatoms. The van der Waals surface area contributed by atoms with Crippen molar-refractivity contribution < 1.29 is 18.0 Å². The van der Waals surface area contributed by atoms with Crippen molar-refractivity contribution in [3.8, 4) is 0 Å². The lowest BCUT2D eigenvalue weighted by molar-refractivity contribution is -0.141. The van der Waals surface area contributed by atoms with Crippen molar-refractivity contribution in [1.82, 2.24) is 19.4 Å². The predicted octanol–water partition coefficient (Wildman–Crippen LogP) is 3.45. The normalized spacial score (nSPS) is 11.9. The van der Waals surface area contributed by atoms with E-state index in [9.17, 15) is 18.0 Å². The second-order valence-electron chi connectivity index (χ2n) is 5.92. The molecular formula is C15H16F3N5OS2. The summed E-state index contributed by atoms with van der Waals surface area (Å²) in [7, 11) is 5.33. The summed E-state index contributed by atoms with van der Waals surface area (Å²) >= 11 is 2.76. The Morgan fingerprint density at radius 1 is 1.27 bits per heavy atom. The van der Waals surface area contributed by atoms with Gasteiger partial charge in [0.2, 0.25) is 0 Å². The van der Waals surface area contributed by atoms with Gasteiger partial charge in [0.25, 0.3) is 5.91 Å². The first-order valence-corrected chi connectivity index (χ1v) is 9.17. The van der Waals surface area contributed by atoms with E-state index < -0.39 is 12.7 Å². The lowest BCUT2D eigenvalue weighted by Crippen LogP contribution is -2.28. The fourth-order valence-corrected chi connectivity index (χ4v) is 4.45. The molecule has 0 bridgehead atoms. The summed E-state index contributed by atoms with van der Waals surface area (Å²) in [5.74, 6) is -0.0854. The Bertz CT molecular complexity index is 896. The molecule has 0 aliphatic heterocycles. The highest BCUT2D eigenvalue weighted by atomic mass is 32.1. The summed E-state index contributed by atoms with van der Waals surface area (Å²) in [6.07, 6.45) is -1.78. The minimum Gasteiger partial charge on any atom is -0.354 e. The molecule has 26 heavy (non-hydrogen) atoms. The lowest BCUT2D eigenvalue weighted by atomic mass is 10.4. The maximum absolute atomic E-state index is 12.6. The van der Waals surface area contributed by atoms with Crippen LogP contribution in [0.4, 0.5) is 18.3 Å². The molecule has 3 aromatic rings. The number of halogens is 3. The molecule has 0 unspecified atom stereocenters. The van der Waals surface area contributed by atoms with Crippen molar-refractivity contribution in [2.24, 2.45) is 0 Å². The minimum atomic E-state index is -4.34. The zero-order valence-electron chi connectivity index (χ0n) is 14.2. The van der Waals surface area contributed by atoms with E-state index in [4.69, 9.17) is 0 Å². The smallest absolute Gasteiger partial charge is 0.354 e. The third-order valence-electron chi connectivity index (χ3n) is 3.55. The molecule has 3 aromatic heterocycles. The molecule has 140 valence electrons. The monoisotopic (exact) mass is 403 g/mol. The molecule has 0 saturated carbocycles. The summed E-state index contributed by atoms with van der Waals surface area (Å²) < 4.78 is 39.7. The first kappa shape index (κ1) is 18.6. The molecule has 0 spiro atoms. The summed E-state index contributed by atoms with van der Waals surface area (Å²) in [6.45, 7) is -1.14. The Balaban J connectivity index is 1.74. The van der Waals surface area contributed by atoms with E-state index in [1.165, 1.54) is 40.0 Å². The molecule has 1 amide bonds. The van der Waals surface area contributed by atoms with Gasteiger partial charge in [-0.2, -0.15) is 13.2 Å². The fourth-order valence-electron chi connectivity index (χ4n) is 2.32. The molecule has 0 aliphatic rings. The van der Waals surface area contributed by atoms with E-state index in [2.05, 4.69) is 9.97 Å². The Labute approximate surface area is 155 Å². The fraction of sp³-hybridized carbons (Fsp3) is 0.400. The van der Waals surface area contributed by atoms with Crippen LogP contribution >= 0.6 is 22.7 Å². The van der Waals surface area contributed by atoms with Gasteiger partial charge in [-0.15, -0.1) is 11.3 Å². The van der Waals surface area contributed by atoms with Crippen LogP contribution < -0.4 is 4.90 Å². The SMILES string of the molecule is CN(Cc1nccn1CC(F)(F)F)C(=O)c1cc2sc(N(C)C)nc2s1. The van der Waals surface area contributed by atoms with Crippen LogP contribution in [0.5, 0.6) is 0 Å². The van der Waals surface area contributed by atoms with Crippen LogP contribution in [0.25, 0.3) is 9.53 Å². The zero-order chi connectivity index (χ0) is 19.1. The van der Waals surface area contributed by atoms with Crippen molar-refractivity contribution in [3.05, 3.63) is 29.2 Å². The molecule has 0 aliphatic carbocycles. The highest BCUT2D eigenvalue weighted by Crippen LogP contribution is 2.34. The van der Waals surface area contributed by atoms with Gasteiger partial charge in [0.05, 0.1) is 16.1 Å². The van der Waals surface area contributed by atoms with Crippen molar-refractivity contribution in [1.29, 1.82) is 0 Å². The van der Waals surface area contributed by atoms with Crippen molar-refractivity contribution >= 4 is 43.2 Å². The number of imidazole rings is 1. The third-order valence-corrected chi connectivity index (χ3v) is 5.86.